The fourth-order valence-electron chi connectivity index (χ4n) is 4.45. The third kappa shape index (κ3) is 6.73. The number of alkyl halides is 2. The highest BCUT2D eigenvalue weighted by atomic mass is 35.5. The Bertz CT molecular complexity index is 1210. The molecule has 0 aliphatic carbocycles. The number of halogens is 3. The summed E-state index contributed by atoms with van der Waals surface area (Å²) in [5, 5.41) is 20.1. The van der Waals surface area contributed by atoms with Gasteiger partial charge in [0.1, 0.15) is 11.4 Å². The van der Waals surface area contributed by atoms with Crippen molar-refractivity contribution in [3.63, 3.8) is 0 Å². The van der Waals surface area contributed by atoms with Crippen molar-refractivity contribution in [3.05, 3.63) is 34.7 Å². The number of aliphatic hydroxyl groups is 2. The number of rotatable bonds is 6. The lowest BCUT2D eigenvalue weighted by atomic mass is 10.0. The quantitative estimate of drug-likeness (QED) is 0.362. The predicted octanol–water partition coefficient (Wildman–Crippen LogP) is 5.80. The summed E-state index contributed by atoms with van der Waals surface area (Å²) in [4.78, 5) is 12.2. The van der Waals surface area contributed by atoms with Crippen molar-refractivity contribution in [2.75, 3.05) is 12.3 Å². The summed E-state index contributed by atoms with van der Waals surface area (Å²) in [7, 11) is 0. The van der Waals surface area contributed by atoms with Crippen LogP contribution in [0.15, 0.2) is 18.3 Å². The molecule has 1 aliphatic heterocycles. The molecule has 11 heteroatoms. The van der Waals surface area contributed by atoms with Gasteiger partial charge in [0, 0.05) is 23.8 Å². The Morgan fingerprint density at radius 1 is 1.27 bits per heavy atom. The van der Waals surface area contributed by atoms with Crippen LogP contribution in [0.4, 0.5) is 14.7 Å². The number of nitrogens with zero attached hydrogens (tertiary/aromatic N) is 4. The number of fused-ring (bicyclic) bond motifs is 1. The summed E-state index contributed by atoms with van der Waals surface area (Å²) < 4.78 is 34.7. The Morgan fingerprint density at radius 2 is 1.97 bits per heavy atom. The minimum absolute atomic E-state index is 0.0114. The fourth-order valence-corrected chi connectivity index (χ4v) is 4.65. The summed E-state index contributed by atoms with van der Waals surface area (Å²) in [6.45, 7) is 9.87. The van der Waals surface area contributed by atoms with Gasteiger partial charge < -0.3 is 25.3 Å². The molecule has 8 nitrogen and oxygen atoms in total. The first-order valence-electron chi connectivity index (χ1n) is 12.5. The summed E-state index contributed by atoms with van der Waals surface area (Å²) in [5.74, 6) is 0.294. The summed E-state index contributed by atoms with van der Waals surface area (Å²) >= 11 is 6.16. The van der Waals surface area contributed by atoms with Gasteiger partial charge in [0.15, 0.2) is 0 Å². The number of imidazole rings is 1. The molecule has 0 bridgehead atoms. The lowest BCUT2D eigenvalue weighted by Gasteiger charge is -2.27. The molecule has 204 valence electrons. The van der Waals surface area contributed by atoms with Crippen molar-refractivity contribution in [2.45, 2.75) is 90.6 Å². The molecule has 1 fully saturated rings. The molecule has 0 spiro atoms. The van der Waals surface area contributed by atoms with Crippen LogP contribution in [0.25, 0.3) is 22.3 Å². The van der Waals surface area contributed by atoms with E-state index in [1.165, 1.54) is 12.3 Å². The van der Waals surface area contributed by atoms with E-state index in [2.05, 4.69) is 21.9 Å². The number of nitrogen functional groups attached to an aromatic ring is 1. The first kappa shape index (κ1) is 29.2. The SMILES string of the molecule is CC(C)n1c(C(C)(C)O)nc2c(C(F)F)cc(-c3nc(N)ncc3Cl)cc21.CCC[C@@H]1OCCCC1O. The third-order valence-electron chi connectivity index (χ3n) is 6.14. The van der Waals surface area contributed by atoms with E-state index >= 15 is 0 Å². The van der Waals surface area contributed by atoms with Crippen molar-refractivity contribution in [1.29, 1.82) is 0 Å². The van der Waals surface area contributed by atoms with Crippen LogP contribution < -0.4 is 5.73 Å². The highest BCUT2D eigenvalue weighted by Gasteiger charge is 2.29. The van der Waals surface area contributed by atoms with E-state index in [-0.39, 0.29) is 46.0 Å². The molecule has 3 heterocycles. The molecule has 0 saturated carbocycles. The maximum atomic E-state index is 13.8. The van der Waals surface area contributed by atoms with Crippen LogP contribution in [-0.4, -0.2) is 48.5 Å². The molecular weight excluding hydrogens is 504 g/mol. The molecule has 2 atom stereocenters. The minimum Gasteiger partial charge on any atom is -0.390 e. The smallest absolute Gasteiger partial charge is 0.266 e. The molecular formula is C26H36ClF2N5O3. The van der Waals surface area contributed by atoms with Gasteiger partial charge in [-0.2, -0.15) is 0 Å². The van der Waals surface area contributed by atoms with Crippen LogP contribution in [0, 0.1) is 0 Å². The monoisotopic (exact) mass is 539 g/mol. The molecule has 0 amide bonds. The van der Waals surface area contributed by atoms with Crippen LogP contribution in [0.2, 0.25) is 5.02 Å². The summed E-state index contributed by atoms with van der Waals surface area (Å²) in [6.07, 6.45) is 2.52. The van der Waals surface area contributed by atoms with Crippen LogP contribution in [0.1, 0.15) is 84.2 Å². The van der Waals surface area contributed by atoms with Crippen molar-refractivity contribution in [2.24, 2.45) is 0 Å². The van der Waals surface area contributed by atoms with E-state index in [0.717, 1.165) is 32.3 Å². The van der Waals surface area contributed by atoms with Gasteiger partial charge in [-0.05, 0) is 59.1 Å². The first-order valence-corrected chi connectivity index (χ1v) is 12.9. The molecule has 1 aliphatic rings. The number of anilines is 1. The van der Waals surface area contributed by atoms with Crippen LogP contribution in [-0.2, 0) is 10.3 Å². The van der Waals surface area contributed by atoms with E-state index in [4.69, 9.17) is 22.1 Å². The van der Waals surface area contributed by atoms with Gasteiger partial charge in [-0.1, -0.05) is 24.9 Å². The molecule has 0 radical (unpaired) electrons. The zero-order valence-corrected chi connectivity index (χ0v) is 22.6. The van der Waals surface area contributed by atoms with Gasteiger partial charge in [-0.25, -0.2) is 23.7 Å². The Labute approximate surface area is 220 Å². The largest absolute Gasteiger partial charge is 0.390 e. The summed E-state index contributed by atoms with van der Waals surface area (Å²) in [5.41, 5.74) is 5.30. The molecule has 4 N–H and O–H groups in total. The first-order chi connectivity index (χ1) is 17.3. The Morgan fingerprint density at radius 3 is 2.54 bits per heavy atom. The maximum absolute atomic E-state index is 13.8. The predicted molar refractivity (Wildman–Crippen MR) is 141 cm³/mol. The standard InChI is InChI=1S/C18H20ClF2N5O.C8H16O2/c1-8(2)26-12-6-9(13-11(19)7-23-17(22)25-13)5-10(15(20)21)14(12)24-16(26)18(3,4)27;1-2-4-8-7(9)5-3-6-10-8/h5-8,15,27H,1-4H3,(H2,22,23,25);7-9H,2-6H2,1H3/t;7?,8-/m.0/s1. The maximum Gasteiger partial charge on any atom is 0.266 e. The van der Waals surface area contributed by atoms with Gasteiger partial charge in [-0.3, -0.25) is 0 Å². The molecule has 1 aromatic carbocycles. The molecule has 1 unspecified atom stereocenters. The van der Waals surface area contributed by atoms with Crippen molar-refractivity contribution < 1.29 is 23.7 Å². The van der Waals surface area contributed by atoms with Crippen LogP contribution >= 0.6 is 11.6 Å². The highest BCUT2D eigenvalue weighted by molar-refractivity contribution is 6.33. The summed E-state index contributed by atoms with van der Waals surface area (Å²) in [6, 6.07) is 2.85. The second-order valence-electron chi connectivity index (χ2n) is 10.0. The van der Waals surface area contributed by atoms with E-state index in [0.29, 0.717) is 16.9 Å². The number of hydrogen-bond acceptors (Lipinski definition) is 7. The third-order valence-corrected chi connectivity index (χ3v) is 6.41. The highest BCUT2D eigenvalue weighted by Crippen LogP contribution is 2.38. The lowest BCUT2D eigenvalue weighted by Crippen LogP contribution is -2.33. The topological polar surface area (TPSA) is 119 Å². The second-order valence-corrected chi connectivity index (χ2v) is 10.4. The Kier molecular flexibility index (Phi) is 9.44. The number of ether oxygens (including phenoxy) is 1. The van der Waals surface area contributed by atoms with Crippen LogP contribution in [0.5, 0.6) is 0 Å². The van der Waals surface area contributed by atoms with E-state index < -0.39 is 12.0 Å². The van der Waals surface area contributed by atoms with Crippen LogP contribution in [0.3, 0.4) is 0 Å². The Balaban J connectivity index is 0.000000319. The second kappa shape index (κ2) is 12.0. The number of aliphatic hydroxyl groups excluding tert-OH is 1. The Hall–Kier alpha value is -2.40. The number of hydrogen-bond donors (Lipinski definition) is 3. The van der Waals surface area contributed by atoms with Crippen molar-refractivity contribution in [1.82, 2.24) is 19.5 Å². The van der Waals surface area contributed by atoms with E-state index in [1.54, 1.807) is 24.5 Å². The van der Waals surface area contributed by atoms with Gasteiger partial charge in [-0.15, -0.1) is 0 Å². The zero-order valence-electron chi connectivity index (χ0n) is 21.9. The minimum atomic E-state index is -2.77. The average molecular weight is 540 g/mol. The van der Waals surface area contributed by atoms with Crippen molar-refractivity contribution in [3.8, 4) is 11.3 Å². The molecule has 37 heavy (non-hydrogen) atoms. The van der Waals surface area contributed by atoms with Gasteiger partial charge in [0.05, 0.1) is 40.2 Å². The number of aromatic nitrogens is 4. The normalized spacial score (nSPS) is 18.4. The number of benzene rings is 1. The molecule has 2 aromatic heterocycles. The lowest BCUT2D eigenvalue weighted by molar-refractivity contribution is -0.0769. The fraction of sp³-hybridized carbons (Fsp3) is 0.577. The zero-order chi connectivity index (χ0) is 27.5. The van der Waals surface area contributed by atoms with Gasteiger partial charge in [0.25, 0.3) is 6.43 Å². The average Bonchev–Trinajstić information content (AvgIpc) is 3.22. The number of nitrogens with two attached hydrogens (primary N) is 1. The van der Waals surface area contributed by atoms with Gasteiger partial charge in [0.2, 0.25) is 5.95 Å². The molecule has 1 saturated heterocycles. The molecule has 3 aromatic rings. The van der Waals surface area contributed by atoms with E-state index in [1.807, 2.05) is 13.8 Å². The van der Waals surface area contributed by atoms with E-state index in [9.17, 15) is 19.0 Å². The van der Waals surface area contributed by atoms with Crippen molar-refractivity contribution >= 4 is 28.6 Å². The molecule has 4 rings (SSSR count). The van der Waals surface area contributed by atoms with Gasteiger partial charge >= 0.3 is 0 Å².